The minimum absolute atomic E-state index is 0.184. The molecule has 0 aliphatic carbocycles. The number of carbonyl (C=O) groups is 1. The number of hydrogen-bond acceptors (Lipinski definition) is 5. The number of pyridine rings is 1. The van der Waals surface area contributed by atoms with Crippen molar-refractivity contribution in [1.29, 1.82) is 5.26 Å². The number of allylic oxidation sites excluding steroid dienone is 1. The fourth-order valence-corrected chi connectivity index (χ4v) is 4.37. The van der Waals surface area contributed by atoms with E-state index in [1.54, 1.807) is 18.3 Å². The van der Waals surface area contributed by atoms with E-state index in [0.717, 1.165) is 30.6 Å². The normalized spacial score (nSPS) is 16.4. The molecular weight excluding hydrogens is 424 g/mol. The molecule has 4 rings (SSSR count). The van der Waals surface area contributed by atoms with Crippen molar-refractivity contribution in [1.82, 2.24) is 14.9 Å². The van der Waals surface area contributed by atoms with Crippen molar-refractivity contribution < 1.29 is 4.79 Å². The van der Waals surface area contributed by atoms with E-state index in [4.69, 9.17) is 10.3 Å². The summed E-state index contributed by atoms with van der Waals surface area (Å²) in [4.78, 5) is 24.2. The van der Waals surface area contributed by atoms with E-state index < -0.39 is 0 Å². The van der Waals surface area contributed by atoms with Crippen molar-refractivity contribution in [2.45, 2.75) is 39.3 Å². The number of hydrogen-bond donors (Lipinski definition) is 1. The Morgan fingerprint density at radius 2 is 2.09 bits per heavy atom. The quantitative estimate of drug-likeness (QED) is 0.440. The summed E-state index contributed by atoms with van der Waals surface area (Å²) in [5, 5.41) is 12.0. The van der Waals surface area contributed by atoms with Crippen molar-refractivity contribution >= 4 is 17.4 Å². The Morgan fingerprint density at radius 1 is 1.26 bits per heavy atom. The highest BCUT2D eigenvalue weighted by Crippen LogP contribution is 2.30. The minimum Gasteiger partial charge on any atom is -0.363 e. The average Bonchev–Trinajstić information content (AvgIpc) is 3.53. The summed E-state index contributed by atoms with van der Waals surface area (Å²) in [7, 11) is 0. The van der Waals surface area contributed by atoms with Crippen LogP contribution in [0.15, 0.2) is 83.8 Å². The van der Waals surface area contributed by atoms with E-state index in [2.05, 4.69) is 39.5 Å². The van der Waals surface area contributed by atoms with Crippen LogP contribution in [-0.4, -0.2) is 33.9 Å². The zero-order valence-electron chi connectivity index (χ0n) is 19.5. The van der Waals surface area contributed by atoms with Gasteiger partial charge in [0.15, 0.2) is 0 Å². The Balaban J connectivity index is 1.47. The number of aliphatic imine (C=N–C) groups is 1. The predicted molar refractivity (Wildman–Crippen MR) is 134 cm³/mol. The molecule has 3 heterocycles. The van der Waals surface area contributed by atoms with Crippen LogP contribution in [0.2, 0.25) is 0 Å². The van der Waals surface area contributed by atoms with Gasteiger partial charge in [0.2, 0.25) is 0 Å². The fourth-order valence-electron chi connectivity index (χ4n) is 4.37. The van der Waals surface area contributed by atoms with Crippen LogP contribution in [0.3, 0.4) is 0 Å². The second-order valence-electron chi connectivity index (χ2n) is 8.23. The molecule has 7 nitrogen and oxygen atoms in total. The molecule has 3 aromatic rings. The van der Waals surface area contributed by atoms with Gasteiger partial charge in [-0.05, 0) is 68.7 Å². The first kappa shape index (κ1) is 23.0. The molecule has 1 aliphatic heterocycles. The van der Waals surface area contributed by atoms with E-state index in [1.165, 1.54) is 5.69 Å². The highest BCUT2D eigenvalue weighted by Gasteiger charge is 2.27. The first-order valence-corrected chi connectivity index (χ1v) is 11.4. The number of nitrogens with one attached hydrogen (secondary N) is 1. The highest BCUT2D eigenvalue weighted by atomic mass is 16.2. The Bertz CT molecular complexity index is 1250. The lowest BCUT2D eigenvalue weighted by Gasteiger charge is -2.27. The summed E-state index contributed by atoms with van der Waals surface area (Å²) in [6, 6.07) is 19.8. The van der Waals surface area contributed by atoms with Crippen molar-refractivity contribution in [2.24, 2.45) is 4.99 Å². The van der Waals surface area contributed by atoms with E-state index in [0.29, 0.717) is 23.8 Å². The topological polar surface area (TPSA) is 86.3 Å². The van der Waals surface area contributed by atoms with Crippen LogP contribution in [0.4, 0.5) is 5.69 Å². The molecule has 2 aromatic heterocycles. The van der Waals surface area contributed by atoms with Crippen LogP contribution in [0.25, 0.3) is 0 Å². The molecule has 0 spiro atoms. The Hall–Kier alpha value is -4.18. The minimum atomic E-state index is -0.220. The summed E-state index contributed by atoms with van der Waals surface area (Å²) >= 11 is 0. The molecule has 7 heteroatoms. The van der Waals surface area contributed by atoms with E-state index >= 15 is 0 Å². The van der Waals surface area contributed by atoms with Gasteiger partial charge in [0.25, 0.3) is 5.91 Å². The first-order chi connectivity index (χ1) is 16.6. The fraction of sp³-hybridized carbons (Fsp3) is 0.259. The van der Waals surface area contributed by atoms with Crippen molar-refractivity contribution in [3.63, 3.8) is 0 Å². The third-order valence-corrected chi connectivity index (χ3v) is 5.92. The van der Waals surface area contributed by atoms with Crippen LogP contribution < -0.4 is 10.2 Å². The molecule has 172 valence electrons. The molecule has 1 saturated heterocycles. The number of para-hydroxylation sites is 1. The monoisotopic (exact) mass is 452 g/mol. The molecule has 1 atom stereocenters. The summed E-state index contributed by atoms with van der Waals surface area (Å²) in [6.07, 6.45) is 7.61. The molecule has 1 aromatic carbocycles. The molecule has 1 unspecified atom stereocenters. The third kappa shape index (κ3) is 5.24. The number of benzene rings is 1. The molecule has 1 fully saturated rings. The van der Waals surface area contributed by atoms with E-state index in [1.807, 2.05) is 55.0 Å². The van der Waals surface area contributed by atoms with Crippen LogP contribution >= 0.6 is 0 Å². The Morgan fingerprint density at radius 3 is 2.85 bits per heavy atom. The zero-order chi connectivity index (χ0) is 23.9. The van der Waals surface area contributed by atoms with Crippen LogP contribution in [-0.2, 0) is 6.54 Å². The number of rotatable bonds is 6. The zero-order valence-corrected chi connectivity index (χ0v) is 19.5. The van der Waals surface area contributed by atoms with Crippen LogP contribution in [0, 0.1) is 11.3 Å². The lowest BCUT2D eigenvalue weighted by atomic mass is 10.1. The average molecular weight is 453 g/mol. The van der Waals surface area contributed by atoms with Gasteiger partial charge in [0.1, 0.15) is 23.3 Å². The second kappa shape index (κ2) is 10.6. The lowest BCUT2D eigenvalue weighted by Crippen LogP contribution is -2.33. The summed E-state index contributed by atoms with van der Waals surface area (Å²) in [5.41, 5.74) is 3.93. The van der Waals surface area contributed by atoms with Crippen molar-refractivity contribution in [3.05, 3.63) is 95.7 Å². The smallest absolute Gasteiger partial charge is 0.273 e. The molecule has 34 heavy (non-hydrogen) atoms. The second-order valence-corrected chi connectivity index (χ2v) is 8.23. The third-order valence-electron chi connectivity index (χ3n) is 5.92. The van der Waals surface area contributed by atoms with Gasteiger partial charge in [0, 0.05) is 31.2 Å². The highest BCUT2D eigenvalue weighted by molar-refractivity contribution is 6.05. The number of anilines is 1. The SMILES string of the molecule is C/C=C(\N=C(C)NC(=O)c1cccn1Cc1ccnc(C#N)c1)C1CCCN1c1ccccc1. The molecule has 0 bridgehead atoms. The first-order valence-electron chi connectivity index (χ1n) is 11.4. The molecule has 1 N–H and O–H groups in total. The molecule has 1 aliphatic rings. The van der Waals surface area contributed by atoms with E-state index in [9.17, 15) is 4.79 Å². The maximum absolute atomic E-state index is 13.0. The number of carbonyl (C=O) groups excluding carboxylic acids is 1. The van der Waals surface area contributed by atoms with Gasteiger partial charge in [0.05, 0.1) is 11.7 Å². The maximum atomic E-state index is 13.0. The number of nitriles is 1. The maximum Gasteiger partial charge on any atom is 0.273 e. The molecule has 0 radical (unpaired) electrons. The molecule has 0 saturated carbocycles. The van der Waals surface area contributed by atoms with Gasteiger partial charge in [-0.15, -0.1) is 0 Å². The van der Waals surface area contributed by atoms with Gasteiger partial charge in [-0.25, -0.2) is 9.98 Å². The lowest BCUT2D eigenvalue weighted by molar-refractivity contribution is 0.0968. The van der Waals surface area contributed by atoms with Crippen LogP contribution in [0.1, 0.15) is 48.4 Å². The van der Waals surface area contributed by atoms with Crippen LogP contribution in [0.5, 0.6) is 0 Å². The largest absolute Gasteiger partial charge is 0.363 e. The number of amidine groups is 1. The number of amides is 1. The van der Waals surface area contributed by atoms with Gasteiger partial charge in [-0.3, -0.25) is 4.79 Å². The van der Waals surface area contributed by atoms with Gasteiger partial charge in [-0.1, -0.05) is 24.3 Å². The summed E-state index contributed by atoms with van der Waals surface area (Å²) in [6.45, 7) is 5.27. The van der Waals surface area contributed by atoms with E-state index in [-0.39, 0.29) is 11.9 Å². The molecule has 1 amide bonds. The van der Waals surface area contributed by atoms with Crippen molar-refractivity contribution in [2.75, 3.05) is 11.4 Å². The Labute approximate surface area is 200 Å². The van der Waals surface area contributed by atoms with Gasteiger partial charge < -0.3 is 14.8 Å². The number of aromatic nitrogens is 2. The summed E-state index contributed by atoms with van der Waals surface area (Å²) < 4.78 is 1.85. The predicted octanol–water partition coefficient (Wildman–Crippen LogP) is 4.52. The number of nitrogens with zero attached hydrogens (tertiary/aromatic N) is 5. The standard InChI is InChI=1S/C27H28N6O/c1-3-24(25-11-8-16-33(25)23-9-5-4-6-10-23)30-20(2)31-27(34)26-12-7-15-32(26)19-21-13-14-29-22(17-21)18-28/h3-7,9-10,12-15,17,25H,8,11,16,19H2,1-2H3,(H,30,31,34)/b24-3-. The molecular formula is C27H28N6O. The van der Waals surface area contributed by atoms with Gasteiger partial charge >= 0.3 is 0 Å². The van der Waals surface area contributed by atoms with Gasteiger partial charge in [-0.2, -0.15) is 5.26 Å². The Kier molecular flexibility index (Phi) is 7.19. The summed E-state index contributed by atoms with van der Waals surface area (Å²) in [5.74, 6) is 0.337. The van der Waals surface area contributed by atoms with Crippen molar-refractivity contribution in [3.8, 4) is 6.07 Å².